The maximum Gasteiger partial charge on any atom is 0.226 e. The Bertz CT molecular complexity index is 1530. The molecule has 7 nitrogen and oxygen atoms in total. The third kappa shape index (κ3) is 7.90. The number of nitrogens with zero attached hydrogens (tertiary/aromatic N) is 3. The smallest absolute Gasteiger partial charge is 0.226 e. The minimum absolute atomic E-state index is 0.226. The van der Waals surface area contributed by atoms with Crippen LogP contribution in [-0.2, 0) is 18.0 Å². The highest BCUT2D eigenvalue weighted by molar-refractivity contribution is 6.30. The zero-order valence-electron chi connectivity index (χ0n) is 22.7. The van der Waals surface area contributed by atoms with Gasteiger partial charge in [-0.25, -0.2) is 18.7 Å². The fraction of sp³-hybridized carbons (Fsp3) is 0.219. The van der Waals surface area contributed by atoms with E-state index in [9.17, 15) is 8.78 Å². The van der Waals surface area contributed by atoms with Crippen LogP contribution in [0, 0.1) is 17.6 Å². The summed E-state index contributed by atoms with van der Waals surface area (Å²) in [6, 6.07) is 19.8. The van der Waals surface area contributed by atoms with Gasteiger partial charge in [-0.15, -0.1) is 0 Å². The summed E-state index contributed by atoms with van der Waals surface area (Å²) in [4.78, 5) is 8.62. The van der Waals surface area contributed by atoms with Gasteiger partial charge in [-0.2, -0.15) is 0 Å². The third-order valence-corrected chi connectivity index (χ3v) is 6.99. The van der Waals surface area contributed by atoms with Crippen molar-refractivity contribution in [1.82, 2.24) is 9.97 Å². The maximum absolute atomic E-state index is 13.0. The van der Waals surface area contributed by atoms with Gasteiger partial charge in [0, 0.05) is 16.1 Å². The molecule has 0 radical (unpaired) electrons. The van der Waals surface area contributed by atoms with Gasteiger partial charge in [0.1, 0.15) is 35.5 Å². The highest BCUT2D eigenvalue weighted by Crippen LogP contribution is 2.49. The quantitative estimate of drug-likeness (QED) is 0.105. The number of benzene rings is 3. The Morgan fingerprint density at radius 3 is 1.83 bits per heavy atom. The van der Waals surface area contributed by atoms with Crippen LogP contribution in [0.1, 0.15) is 42.6 Å². The van der Waals surface area contributed by atoms with Gasteiger partial charge in [0.25, 0.3) is 0 Å². The zero-order chi connectivity index (χ0) is 29.5. The molecule has 2 unspecified atom stereocenters. The lowest BCUT2D eigenvalue weighted by atomic mass is 10.1. The van der Waals surface area contributed by atoms with Crippen LogP contribution in [0.2, 0.25) is 5.02 Å². The van der Waals surface area contributed by atoms with E-state index in [0.717, 1.165) is 17.2 Å². The number of hydrogen-bond acceptors (Lipinski definition) is 7. The summed E-state index contributed by atoms with van der Waals surface area (Å²) >= 11 is 5.83. The number of rotatable bonds is 9. The number of hydrogen-bond donors (Lipinski definition) is 1. The second-order valence-electron chi connectivity index (χ2n) is 9.99. The standard InChI is InChI=1S/C20H14F2N2O3.C12H14ClNO/c21-15-5-1-13(2-6-15)19-23-17(11-26-19)9-25-10-18-12-27-20(24-18)14-3-7-16(22)8-4-14;1-8(14-15)6-10-7-12(10)9-2-4-11(13)5-3-9/h1-8,11-12H,9-10H2;2-5,10,12,15H,6-7H2,1H3/b;14-8+. The minimum Gasteiger partial charge on any atom is -0.444 e. The van der Waals surface area contributed by atoms with Crippen molar-refractivity contribution in [2.75, 3.05) is 0 Å². The molecule has 5 aromatic rings. The van der Waals surface area contributed by atoms with Crippen LogP contribution in [0.3, 0.4) is 0 Å². The van der Waals surface area contributed by atoms with Crippen LogP contribution < -0.4 is 0 Å². The fourth-order valence-corrected chi connectivity index (χ4v) is 4.59. The number of oxazole rings is 2. The van der Waals surface area contributed by atoms with E-state index in [1.165, 1.54) is 48.8 Å². The predicted molar refractivity (Wildman–Crippen MR) is 154 cm³/mol. The lowest BCUT2D eigenvalue weighted by molar-refractivity contribution is 0.102. The van der Waals surface area contributed by atoms with Crippen LogP contribution in [0.25, 0.3) is 22.9 Å². The first-order valence-corrected chi connectivity index (χ1v) is 13.7. The Morgan fingerprint density at radius 1 is 0.857 bits per heavy atom. The van der Waals surface area contributed by atoms with Crippen LogP contribution in [0.5, 0.6) is 0 Å². The van der Waals surface area contributed by atoms with Gasteiger partial charge in [-0.05, 0) is 97.8 Å². The van der Waals surface area contributed by atoms with Crippen molar-refractivity contribution < 1.29 is 27.6 Å². The first kappa shape index (κ1) is 29.2. The van der Waals surface area contributed by atoms with Crippen molar-refractivity contribution >= 4 is 17.3 Å². The largest absolute Gasteiger partial charge is 0.444 e. The molecule has 1 saturated carbocycles. The lowest BCUT2D eigenvalue weighted by Crippen LogP contribution is -1.95. The second-order valence-corrected chi connectivity index (χ2v) is 10.4. The van der Waals surface area contributed by atoms with E-state index in [1.807, 2.05) is 19.1 Å². The zero-order valence-corrected chi connectivity index (χ0v) is 23.5. The summed E-state index contributed by atoms with van der Waals surface area (Å²) in [5.74, 6) is 1.42. The van der Waals surface area contributed by atoms with Gasteiger partial charge in [-0.3, -0.25) is 0 Å². The SMILES string of the molecule is C/C(CC1CC1c1ccc(Cl)cc1)=N\O.Fc1ccc(-c2nc(COCc3coc(-c4ccc(F)cc4)n3)co2)cc1. The van der Waals surface area contributed by atoms with E-state index in [1.54, 1.807) is 24.3 Å². The Labute approximate surface area is 246 Å². The monoisotopic (exact) mass is 591 g/mol. The molecule has 42 heavy (non-hydrogen) atoms. The van der Waals surface area contributed by atoms with Crippen LogP contribution >= 0.6 is 11.6 Å². The van der Waals surface area contributed by atoms with Crippen LogP contribution in [0.4, 0.5) is 8.78 Å². The highest BCUT2D eigenvalue weighted by atomic mass is 35.5. The van der Waals surface area contributed by atoms with E-state index >= 15 is 0 Å². The highest BCUT2D eigenvalue weighted by Gasteiger charge is 2.38. The normalized spacial score (nSPS) is 16.1. The first-order chi connectivity index (χ1) is 20.4. The molecule has 1 aliphatic rings. The molecular weight excluding hydrogens is 564 g/mol. The van der Waals surface area contributed by atoms with E-state index in [4.69, 9.17) is 30.4 Å². The third-order valence-electron chi connectivity index (χ3n) is 6.73. The molecule has 6 rings (SSSR count). The Balaban J connectivity index is 0.000000199. The molecule has 2 heterocycles. The lowest BCUT2D eigenvalue weighted by Gasteiger charge is -2.00. The molecule has 1 aliphatic carbocycles. The molecule has 0 spiro atoms. The summed E-state index contributed by atoms with van der Waals surface area (Å²) in [6.07, 6.45) is 5.06. The van der Waals surface area contributed by atoms with Crippen LogP contribution in [0.15, 0.2) is 99.3 Å². The summed E-state index contributed by atoms with van der Waals surface area (Å²) in [6.45, 7) is 2.31. The van der Waals surface area contributed by atoms with Crippen molar-refractivity contribution in [3.63, 3.8) is 0 Å². The summed E-state index contributed by atoms with van der Waals surface area (Å²) in [5.41, 5.74) is 4.74. The Morgan fingerprint density at radius 2 is 1.36 bits per heavy atom. The molecule has 0 bridgehead atoms. The summed E-state index contributed by atoms with van der Waals surface area (Å²) in [7, 11) is 0. The van der Waals surface area contributed by atoms with Gasteiger partial charge in [-0.1, -0.05) is 28.9 Å². The topological polar surface area (TPSA) is 93.9 Å². The Hall–Kier alpha value is -4.34. The molecule has 2 aromatic heterocycles. The molecular formula is C32H28ClF2N3O4. The van der Waals surface area contributed by atoms with Crippen molar-refractivity contribution in [3.8, 4) is 22.9 Å². The number of oxime groups is 1. The molecule has 1 fully saturated rings. The first-order valence-electron chi connectivity index (χ1n) is 13.3. The van der Waals surface area contributed by atoms with Gasteiger partial charge in [0.15, 0.2) is 0 Å². The summed E-state index contributed by atoms with van der Waals surface area (Å²) < 4.78 is 42.3. The predicted octanol–water partition coefficient (Wildman–Crippen LogP) is 8.68. The van der Waals surface area contributed by atoms with Gasteiger partial charge in [0.2, 0.25) is 11.8 Å². The van der Waals surface area contributed by atoms with Gasteiger partial charge in [0.05, 0.1) is 18.9 Å². The molecule has 0 saturated heterocycles. The van der Waals surface area contributed by atoms with E-state index in [0.29, 0.717) is 46.1 Å². The molecule has 216 valence electrons. The maximum atomic E-state index is 13.0. The fourth-order valence-electron chi connectivity index (χ4n) is 4.47. The second kappa shape index (κ2) is 13.5. The number of halogens is 3. The number of ether oxygens (including phenoxy) is 1. The van der Waals surface area contributed by atoms with Gasteiger partial charge < -0.3 is 18.8 Å². The Kier molecular flexibility index (Phi) is 9.41. The summed E-state index contributed by atoms with van der Waals surface area (Å²) in [5, 5.41) is 12.6. The van der Waals surface area contributed by atoms with Crippen molar-refractivity contribution in [1.29, 1.82) is 0 Å². The van der Waals surface area contributed by atoms with E-state index in [-0.39, 0.29) is 24.8 Å². The average molecular weight is 592 g/mol. The average Bonchev–Trinajstić information content (AvgIpc) is 3.35. The van der Waals surface area contributed by atoms with E-state index in [2.05, 4.69) is 27.3 Å². The minimum atomic E-state index is -0.318. The van der Waals surface area contributed by atoms with Crippen molar-refractivity contribution in [2.24, 2.45) is 11.1 Å². The van der Waals surface area contributed by atoms with Crippen molar-refractivity contribution in [3.05, 3.63) is 119 Å². The van der Waals surface area contributed by atoms with E-state index < -0.39 is 0 Å². The molecule has 0 aliphatic heterocycles. The van der Waals surface area contributed by atoms with Crippen LogP contribution in [-0.4, -0.2) is 20.9 Å². The molecule has 3 aromatic carbocycles. The molecule has 0 amide bonds. The van der Waals surface area contributed by atoms with Gasteiger partial charge >= 0.3 is 0 Å². The van der Waals surface area contributed by atoms with Crippen molar-refractivity contribution in [2.45, 2.75) is 38.9 Å². The molecule has 2 atom stereocenters. The molecule has 10 heteroatoms. The number of aromatic nitrogens is 2. The molecule has 1 N–H and O–H groups in total.